The van der Waals surface area contributed by atoms with E-state index in [0.717, 1.165) is 30.6 Å². The SMILES string of the molecule is COCC(=O)NC(C)C(COc1ccccc1CCN(C)CCCC(C#N)(c1ccc(OC)c(OC)c1)C(C)C)O[N+](=O)[O-]. The molecule has 0 bridgehead atoms. The average molecular weight is 615 g/mol. The summed E-state index contributed by atoms with van der Waals surface area (Å²) in [5.74, 6) is 1.48. The van der Waals surface area contributed by atoms with Crippen LogP contribution < -0.4 is 19.5 Å². The number of nitrogens with zero attached hydrogens (tertiary/aromatic N) is 3. The van der Waals surface area contributed by atoms with Gasteiger partial charge in [-0.25, -0.2) is 0 Å². The Morgan fingerprint density at radius 2 is 1.77 bits per heavy atom. The molecule has 0 aliphatic carbocycles. The maximum atomic E-state index is 11.9. The number of hydrogen-bond acceptors (Lipinski definition) is 10. The van der Waals surface area contributed by atoms with Gasteiger partial charge in [0.25, 0.3) is 5.09 Å². The molecule has 0 radical (unpaired) electrons. The third kappa shape index (κ3) is 10.3. The molecular formula is C32H46N4O8. The number of nitrogens with one attached hydrogen (secondary N) is 1. The number of nitriles is 1. The number of para-hydroxylation sites is 1. The molecule has 1 amide bonds. The molecule has 0 fully saturated rings. The van der Waals surface area contributed by atoms with E-state index in [1.165, 1.54) is 7.11 Å². The second-order valence-electron chi connectivity index (χ2n) is 11.0. The van der Waals surface area contributed by atoms with Gasteiger partial charge in [0.05, 0.1) is 31.7 Å². The van der Waals surface area contributed by atoms with Crippen molar-refractivity contribution in [1.82, 2.24) is 10.2 Å². The van der Waals surface area contributed by atoms with Gasteiger partial charge in [0.1, 0.15) is 19.0 Å². The van der Waals surface area contributed by atoms with E-state index >= 15 is 0 Å². The van der Waals surface area contributed by atoms with E-state index in [9.17, 15) is 20.2 Å². The number of rotatable bonds is 20. The molecule has 2 rings (SSSR count). The van der Waals surface area contributed by atoms with Crippen molar-refractivity contribution >= 4 is 5.91 Å². The highest BCUT2D eigenvalue weighted by Crippen LogP contribution is 2.40. The van der Waals surface area contributed by atoms with Crippen molar-refractivity contribution in [2.75, 3.05) is 54.7 Å². The van der Waals surface area contributed by atoms with Gasteiger partial charge in [0.2, 0.25) is 5.91 Å². The highest BCUT2D eigenvalue weighted by Gasteiger charge is 2.36. The highest BCUT2D eigenvalue weighted by molar-refractivity contribution is 5.77. The number of carbonyl (C=O) groups is 1. The van der Waals surface area contributed by atoms with Crippen LogP contribution >= 0.6 is 0 Å². The number of benzene rings is 2. The molecule has 0 aliphatic rings. The van der Waals surface area contributed by atoms with Crippen molar-refractivity contribution in [3.63, 3.8) is 0 Å². The second-order valence-corrected chi connectivity index (χ2v) is 11.0. The first kappa shape index (κ1) is 36.1. The first-order chi connectivity index (χ1) is 21.0. The van der Waals surface area contributed by atoms with Crippen LogP contribution in [0.5, 0.6) is 17.2 Å². The van der Waals surface area contributed by atoms with E-state index in [4.69, 9.17) is 23.8 Å². The lowest BCUT2D eigenvalue weighted by molar-refractivity contribution is -0.769. The Kier molecular flexibility index (Phi) is 14.7. The first-order valence-electron chi connectivity index (χ1n) is 14.6. The fraction of sp³-hybridized carbons (Fsp3) is 0.562. The van der Waals surface area contributed by atoms with Crippen LogP contribution in [0.3, 0.4) is 0 Å². The molecule has 3 unspecified atom stereocenters. The molecule has 0 saturated carbocycles. The van der Waals surface area contributed by atoms with Crippen LogP contribution in [0.15, 0.2) is 42.5 Å². The van der Waals surface area contributed by atoms with Gasteiger partial charge in [-0.05, 0) is 75.0 Å². The summed E-state index contributed by atoms with van der Waals surface area (Å²) in [6, 6.07) is 15.1. The van der Waals surface area contributed by atoms with Crippen LogP contribution in [0, 0.1) is 27.4 Å². The van der Waals surface area contributed by atoms with E-state index in [0.29, 0.717) is 30.1 Å². The maximum absolute atomic E-state index is 11.9. The fourth-order valence-corrected chi connectivity index (χ4v) is 5.10. The molecule has 0 saturated heterocycles. The zero-order valence-electron chi connectivity index (χ0n) is 26.8. The van der Waals surface area contributed by atoms with Gasteiger partial charge in [-0.3, -0.25) is 4.79 Å². The molecule has 1 N–H and O–H groups in total. The average Bonchev–Trinajstić information content (AvgIpc) is 3.00. The van der Waals surface area contributed by atoms with Gasteiger partial charge < -0.3 is 34.0 Å². The van der Waals surface area contributed by atoms with Crippen molar-refractivity contribution in [3.05, 3.63) is 63.7 Å². The first-order valence-corrected chi connectivity index (χ1v) is 14.6. The maximum Gasteiger partial charge on any atom is 0.294 e. The van der Waals surface area contributed by atoms with Gasteiger partial charge >= 0.3 is 0 Å². The predicted molar refractivity (Wildman–Crippen MR) is 165 cm³/mol. The molecule has 0 spiro atoms. The summed E-state index contributed by atoms with van der Waals surface area (Å²) in [5.41, 5.74) is 1.17. The summed E-state index contributed by atoms with van der Waals surface area (Å²) in [6.07, 6.45) is 1.14. The van der Waals surface area contributed by atoms with Gasteiger partial charge in [-0.15, -0.1) is 10.1 Å². The van der Waals surface area contributed by atoms with Crippen LogP contribution in [0.25, 0.3) is 0 Å². The van der Waals surface area contributed by atoms with Gasteiger partial charge in [0.15, 0.2) is 17.6 Å². The standard InChI is InChI=1S/C32H46N4O8/c1-23(2)32(22-33,26-13-14-28(41-6)29(19-26)42-7)16-10-17-35(4)18-15-25-11-8-9-12-27(25)43-20-30(44-36(38)39)24(3)34-31(37)21-40-5/h8-9,11-14,19,23-24,30H,10,15-18,20-21H2,1-7H3,(H,34,37). The van der Waals surface area contributed by atoms with Crippen molar-refractivity contribution in [1.29, 1.82) is 5.26 Å². The number of hydrogen-bond donors (Lipinski definition) is 1. The Morgan fingerprint density at radius 1 is 1.07 bits per heavy atom. The van der Waals surface area contributed by atoms with Crippen molar-refractivity contribution in [2.45, 2.75) is 57.6 Å². The second kappa shape index (κ2) is 17.9. The molecule has 3 atom stereocenters. The number of amides is 1. The fourth-order valence-electron chi connectivity index (χ4n) is 5.10. The van der Waals surface area contributed by atoms with Gasteiger partial charge in [-0.1, -0.05) is 38.1 Å². The zero-order chi connectivity index (χ0) is 32.7. The molecule has 2 aromatic rings. The third-order valence-corrected chi connectivity index (χ3v) is 7.78. The van der Waals surface area contributed by atoms with Gasteiger partial charge in [-0.2, -0.15) is 5.26 Å². The molecule has 0 heterocycles. The molecule has 44 heavy (non-hydrogen) atoms. The quantitative estimate of drug-likeness (QED) is 0.170. The molecule has 12 nitrogen and oxygen atoms in total. The smallest absolute Gasteiger partial charge is 0.294 e. The van der Waals surface area contributed by atoms with Crippen LogP contribution in [0.4, 0.5) is 0 Å². The van der Waals surface area contributed by atoms with Crippen LogP contribution in [0.1, 0.15) is 44.7 Å². The zero-order valence-corrected chi connectivity index (χ0v) is 26.8. The molecule has 242 valence electrons. The van der Waals surface area contributed by atoms with E-state index in [1.54, 1.807) is 27.2 Å². The lowest BCUT2D eigenvalue weighted by Gasteiger charge is -2.32. The van der Waals surface area contributed by atoms with E-state index in [2.05, 4.69) is 30.1 Å². The van der Waals surface area contributed by atoms with E-state index in [1.807, 2.05) is 43.4 Å². The summed E-state index contributed by atoms with van der Waals surface area (Å²) in [7, 11) is 6.60. The Balaban J connectivity index is 2.02. The molecule has 0 aliphatic heterocycles. The number of methoxy groups -OCH3 is 3. The highest BCUT2D eigenvalue weighted by atomic mass is 17.0. The van der Waals surface area contributed by atoms with Crippen molar-refractivity contribution in [3.8, 4) is 23.3 Å². The molecule has 2 aromatic carbocycles. The molecule has 12 heteroatoms. The summed E-state index contributed by atoms with van der Waals surface area (Å²) < 4.78 is 21.6. The van der Waals surface area contributed by atoms with E-state index in [-0.39, 0.29) is 19.1 Å². The Labute approximate surface area is 260 Å². The van der Waals surface area contributed by atoms with Gasteiger partial charge in [0, 0.05) is 13.7 Å². The third-order valence-electron chi connectivity index (χ3n) is 7.78. The summed E-state index contributed by atoms with van der Waals surface area (Å²) >= 11 is 0. The van der Waals surface area contributed by atoms with Crippen molar-refractivity contribution in [2.24, 2.45) is 5.92 Å². The lowest BCUT2D eigenvalue weighted by Crippen LogP contribution is -2.47. The Bertz CT molecular complexity index is 1250. The Morgan fingerprint density at radius 3 is 2.39 bits per heavy atom. The van der Waals surface area contributed by atoms with Crippen LogP contribution in [-0.4, -0.2) is 82.7 Å². The number of likely N-dealkylation sites (N-methyl/N-ethyl adjacent to an activating group) is 1. The van der Waals surface area contributed by atoms with Crippen LogP contribution in [-0.2, 0) is 26.2 Å². The molecule has 0 aromatic heterocycles. The minimum Gasteiger partial charge on any atom is -0.493 e. The monoisotopic (exact) mass is 614 g/mol. The summed E-state index contributed by atoms with van der Waals surface area (Å²) in [4.78, 5) is 30.0. The topological polar surface area (TPSA) is 145 Å². The predicted octanol–water partition coefficient (Wildman–Crippen LogP) is 4.18. The lowest BCUT2D eigenvalue weighted by atomic mass is 9.69. The molecular weight excluding hydrogens is 568 g/mol. The number of carbonyl (C=O) groups excluding carboxylic acids is 1. The number of ether oxygens (including phenoxy) is 4. The Hall–Kier alpha value is -4.08. The van der Waals surface area contributed by atoms with Crippen LogP contribution in [0.2, 0.25) is 0 Å². The summed E-state index contributed by atoms with van der Waals surface area (Å²) in [6.45, 7) is 6.95. The van der Waals surface area contributed by atoms with Crippen molar-refractivity contribution < 1.29 is 33.7 Å². The van der Waals surface area contributed by atoms with E-state index < -0.39 is 28.6 Å². The summed E-state index contributed by atoms with van der Waals surface area (Å²) in [5, 5.41) is 23.2. The minimum atomic E-state index is -1.02. The minimum absolute atomic E-state index is 0.0825. The largest absolute Gasteiger partial charge is 0.493 e. The normalized spacial score (nSPS) is 13.8.